The minimum absolute atomic E-state index is 0.00172. The van der Waals surface area contributed by atoms with Crippen LogP contribution in [0, 0.1) is 11.5 Å². The summed E-state index contributed by atoms with van der Waals surface area (Å²) < 4.78 is 33.3. The number of carbonyl (C=O) groups excluding carboxylic acids is 2. The summed E-state index contributed by atoms with van der Waals surface area (Å²) in [6, 6.07) is 12.0. The SMILES string of the molecule is CC1OC(C)N(S(=O)(=O)c2ccccc2)[C@@H]1C(=O)N[C@@H](CCc1ccc(NC(=O)CCCCN=C(N)NC#N)cc1)C(=O)O. The number of nitriles is 1. The Hall–Kier alpha value is -4.52. The van der Waals surface area contributed by atoms with Gasteiger partial charge in [-0.05, 0) is 69.4 Å². The van der Waals surface area contributed by atoms with Gasteiger partial charge in [0, 0.05) is 18.7 Å². The molecule has 4 atom stereocenters. The van der Waals surface area contributed by atoms with E-state index in [2.05, 4.69) is 20.9 Å². The average Bonchev–Trinajstić information content (AvgIpc) is 3.30. The summed E-state index contributed by atoms with van der Waals surface area (Å²) in [5.41, 5.74) is 6.81. The third kappa shape index (κ3) is 9.24. The van der Waals surface area contributed by atoms with Crippen molar-refractivity contribution < 1.29 is 32.6 Å². The van der Waals surface area contributed by atoms with Gasteiger partial charge in [0.05, 0.1) is 11.0 Å². The number of carboxylic acid groups (broad SMARTS) is 1. The number of sulfonamides is 1. The molecule has 2 aromatic rings. The van der Waals surface area contributed by atoms with Crippen LogP contribution in [-0.2, 0) is 35.6 Å². The number of aryl methyl sites for hydroxylation is 1. The molecule has 0 radical (unpaired) electrons. The van der Waals surface area contributed by atoms with Gasteiger partial charge in [-0.2, -0.15) is 9.57 Å². The second-order valence-electron chi connectivity index (χ2n) is 10.2. The van der Waals surface area contributed by atoms with Crippen molar-refractivity contribution in [1.29, 1.82) is 5.26 Å². The van der Waals surface area contributed by atoms with Crippen molar-refractivity contribution in [1.82, 2.24) is 14.9 Å². The van der Waals surface area contributed by atoms with Gasteiger partial charge < -0.3 is 26.2 Å². The number of ether oxygens (including phenoxy) is 1. The number of aliphatic imine (C=N–C) groups is 1. The lowest BCUT2D eigenvalue weighted by Crippen LogP contribution is -2.54. The lowest BCUT2D eigenvalue weighted by atomic mass is 10.0. The summed E-state index contributed by atoms with van der Waals surface area (Å²) in [4.78, 5) is 41.5. The highest BCUT2D eigenvalue weighted by atomic mass is 32.2. The van der Waals surface area contributed by atoms with E-state index in [9.17, 15) is 27.9 Å². The van der Waals surface area contributed by atoms with Crippen molar-refractivity contribution in [3.05, 3.63) is 60.2 Å². The average molecular weight is 628 g/mol. The van der Waals surface area contributed by atoms with Crippen LogP contribution in [-0.4, -0.2) is 72.5 Å². The molecule has 6 N–H and O–H groups in total. The molecule has 1 fully saturated rings. The predicted molar refractivity (Wildman–Crippen MR) is 161 cm³/mol. The molecule has 2 aromatic carbocycles. The molecule has 236 valence electrons. The van der Waals surface area contributed by atoms with Crippen LogP contribution in [0.15, 0.2) is 64.5 Å². The highest BCUT2D eigenvalue weighted by molar-refractivity contribution is 7.89. The topological polar surface area (TPSA) is 216 Å². The monoisotopic (exact) mass is 627 g/mol. The van der Waals surface area contributed by atoms with Crippen molar-refractivity contribution >= 4 is 39.5 Å². The van der Waals surface area contributed by atoms with Crippen LogP contribution in [0.1, 0.15) is 45.1 Å². The van der Waals surface area contributed by atoms with Gasteiger partial charge in [0.15, 0.2) is 6.19 Å². The number of guanidine groups is 1. The van der Waals surface area contributed by atoms with E-state index in [-0.39, 0.29) is 29.6 Å². The Kier molecular flexibility index (Phi) is 12.2. The largest absolute Gasteiger partial charge is 0.480 e. The maximum absolute atomic E-state index is 13.4. The third-order valence-electron chi connectivity index (χ3n) is 6.93. The normalized spacial score (nSPS) is 19.5. The van der Waals surface area contributed by atoms with Crippen LogP contribution in [0.5, 0.6) is 0 Å². The first-order valence-electron chi connectivity index (χ1n) is 14.0. The van der Waals surface area contributed by atoms with E-state index >= 15 is 0 Å². The molecule has 0 spiro atoms. The molecule has 1 aliphatic rings. The zero-order chi connectivity index (χ0) is 32.3. The lowest BCUT2D eigenvalue weighted by molar-refractivity contribution is -0.142. The fourth-order valence-corrected chi connectivity index (χ4v) is 6.51. The Morgan fingerprint density at radius 2 is 1.80 bits per heavy atom. The van der Waals surface area contributed by atoms with Crippen molar-refractivity contribution in [3.63, 3.8) is 0 Å². The van der Waals surface area contributed by atoms with Gasteiger partial charge in [0.1, 0.15) is 18.3 Å². The highest BCUT2D eigenvalue weighted by Gasteiger charge is 2.49. The van der Waals surface area contributed by atoms with Crippen LogP contribution in [0.25, 0.3) is 0 Å². The first-order valence-corrected chi connectivity index (χ1v) is 15.5. The fourth-order valence-electron chi connectivity index (χ4n) is 4.76. The van der Waals surface area contributed by atoms with E-state index in [1.54, 1.807) is 55.6 Å². The number of aliphatic carboxylic acids is 1. The van der Waals surface area contributed by atoms with Gasteiger partial charge >= 0.3 is 5.97 Å². The Bertz CT molecular complexity index is 1480. The van der Waals surface area contributed by atoms with E-state index in [0.29, 0.717) is 31.5 Å². The Balaban J connectivity index is 1.54. The summed E-state index contributed by atoms with van der Waals surface area (Å²) >= 11 is 0. The predicted octanol–water partition coefficient (Wildman–Crippen LogP) is 1.51. The van der Waals surface area contributed by atoms with E-state index < -0.39 is 46.3 Å². The summed E-state index contributed by atoms with van der Waals surface area (Å²) in [6.07, 6.45) is 1.76. The Morgan fingerprint density at radius 3 is 2.43 bits per heavy atom. The van der Waals surface area contributed by atoms with Crippen molar-refractivity contribution in [2.24, 2.45) is 10.7 Å². The molecule has 2 amide bonds. The zero-order valence-electron chi connectivity index (χ0n) is 24.5. The standard InChI is InChI=1S/C29H37N7O7S/c1-19-26(36(20(2)43-19)44(41,42)23-8-4-3-5-9-23)27(38)35-24(28(39)40)16-13-21-11-14-22(15-12-21)34-25(37)10-6-7-17-32-29(31)33-18-30/h3-5,8-9,11-12,14-15,19-20,24,26H,6-7,10,13,16-17H2,1-2H3,(H,34,37)(H,35,38)(H,39,40)(H3,31,32,33)/t19?,20?,24-,26-/m0/s1. The maximum Gasteiger partial charge on any atom is 0.326 e. The molecule has 44 heavy (non-hydrogen) atoms. The van der Waals surface area contributed by atoms with Gasteiger partial charge in [0.2, 0.25) is 27.8 Å². The fraction of sp³-hybridized carbons (Fsp3) is 0.414. The molecule has 1 aliphatic heterocycles. The van der Waals surface area contributed by atoms with Crippen LogP contribution in [0.3, 0.4) is 0 Å². The molecule has 0 saturated carbocycles. The van der Waals surface area contributed by atoms with E-state index in [1.165, 1.54) is 19.1 Å². The number of nitrogens with one attached hydrogen (secondary N) is 3. The number of carboxylic acids is 1. The number of hydrogen-bond donors (Lipinski definition) is 5. The molecule has 2 unspecified atom stereocenters. The number of nitrogens with zero attached hydrogens (tertiary/aromatic N) is 3. The number of nitrogens with two attached hydrogens (primary N) is 1. The number of amides is 2. The molecular weight excluding hydrogens is 590 g/mol. The summed E-state index contributed by atoms with van der Waals surface area (Å²) in [7, 11) is -4.10. The van der Waals surface area contributed by atoms with Gasteiger partial charge in [0.25, 0.3) is 0 Å². The van der Waals surface area contributed by atoms with Gasteiger partial charge in [-0.3, -0.25) is 19.9 Å². The van der Waals surface area contributed by atoms with E-state index in [4.69, 9.17) is 15.7 Å². The first kappa shape index (κ1) is 34.0. The lowest BCUT2D eigenvalue weighted by Gasteiger charge is -2.27. The number of rotatable bonds is 14. The quantitative estimate of drug-likeness (QED) is 0.0669. The van der Waals surface area contributed by atoms with Crippen molar-refractivity contribution in [2.75, 3.05) is 11.9 Å². The minimum atomic E-state index is -4.10. The number of anilines is 1. The number of carbonyl (C=O) groups is 3. The van der Waals surface area contributed by atoms with Crippen LogP contribution >= 0.6 is 0 Å². The molecule has 0 aromatic heterocycles. The third-order valence-corrected chi connectivity index (χ3v) is 8.88. The number of hydrogen-bond acceptors (Lipinski definition) is 8. The number of unbranched alkanes of at least 4 members (excludes halogenated alkanes) is 1. The first-order chi connectivity index (χ1) is 20.9. The molecule has 15 heteroatoms. The number of benzene rings is 2. The van der Waals surface area contributed by atoms with Crippen molar-refractivity contribution in [3.8, 4) is 6.19 Å². The molecule has 3 rings (SSSR count). The zero-order valence-corrected chi connectivity index (χ0v) is 25.3. The molecule has 0 aliphatic carbocycles. The van der Waals surface area contributed by atoms with Gasteiger partial charge in [-0.25, -0.2) is 13.2 Å². The van der Waals surface area contributed by atoms with E-state index in [1.807, 2.05) is 0 Å². The highest BCUT2D eigenvalue weighted by Crippen LogP contribution is 2.30. The minimum Gasteiger partial charge on any atom is -0.480 e. The second-order valence-corrected chi connectivity index (χ2v) is 12.0. The van der Waals surface area contributed by atoms with Crippen LogP contribution < -0.4 is 21.7 Å². The van der Waals surface area contributed by atoms with E-state index in [0.717, 1.165) is 9.87 Å². The second kappa shape index (κ2) is 15.8. The van der Waals surface area contributed by atoms with Gasteiger partial charge in [-0.1, -0.05) is 30.3 Å². The Morgan fingerprint density at radius 1 is 1.11 bits per heavy atom. The molecule has 0 bridgehead atoms. The van der Waals surface area contributed by atoms with Crippen LogP contribution in [0.2, 0.25) is 0 Å². The summed E-state index contributed by atoms with van der Waals surface area (Å²) in [5.74, 6) is -2.17. The molecule has 1 heterocycles. The Labute approximate surface area is 256 Å². The van der Waals surface area contributed by atoms with Gasteiger partial charge in [-0.15, -0.1) is 0 Å². The molecule has 1 saturated heterocycles. The maximum atomic E-state index is 13.4. The van der Waals surface area contributed by atoms with Crippen LogP contribution in [0.4, 0.5) is 5.69 Å². The van der Waals surface area contributed by atoms with Crippen molar-refractivity contribution in [2.45, 2.75) is 75.3 Å². The molecular formula is C29H37N7O7S. The summed E-state index contributed by atoms with van der Waals surface area (Å²) in [5, 5.41) is 25.8. The molecule has 14 nitrogen and oxygen atoms in total. The smallest absolute Gasteiger partial charge is 0.326 e. The summed E-state index contributed by atoms with van der Waals surface area (Å²) in [6.45, 7) is 3.48.